The first kappa shape index (κ1) is 32.6. The average molecular weight is 640 g/mol. The van der Waals surface area contributed by atoms with E-state index in [-0.39, 0.29) is 41.0 Å². The summed E-state index contributed by atoms with van der Waals surface area (Å²) in [6, 6.07) is 14.6. The number of alkyl halides is 3. The predicted molar refractivity (Wildman–Crippen MR) is 158 cm³/mol. The molecule has 8 nitrogen and oxygen atoms in total. The lowest BCUT2D eigenvalue weighted by atomic mass is 9.99. The summed E-state index contributed by atoms with van der Waals surface area (Å²) in [6.45, 7) is 4.18. The number of halogens is 4. The highest BCUT2D eigenvalue weighted by atomic mass is 35.5. The van der Waals surface area contributed by atoms with Gasteiger partial charge in [-0.1, -0.05) is 36.7 Å². The number of hydrogen-bond donors (Lipinski definition) is 2. The topological polar surface area (TPSA) is 99.2 Å². The summed E-state index contributed by atoms with van der Waals surface area (Å²) in [5, 5.41) is 10.3. The van der Waals surface area contributed by atoms with Crippen molar-refractivity contribution in [3.05, 3.63) is 88.4 Å². The van der Waals surface area contributed by atoms with Crippen molar-refractivity contribution in [1.82, 2.24) is 9.80 Å². The Morgan fingerprint density at radius 2 is 1.77 bits per heavy atom. The maximum atomic E-state index is 13.7. The predicted octanol–water partition coefficient (Wildman–Crippen LogP) is 5.51. The number of benzene rings is 3. The number of hydrogen-bond acceptors (Lipinski definition) is 6. The third kappa shape index (κ3) is 7.80. The summed E-state index contributed by atoms with van der Waals surface area (Å²) in [7, 11) is -2.30. The van der Waals surface area contributed by atoms with E-state index >= 15 is 0 Å². The first-order valence-electron chi connectivity index (χ1n) is 13.5. The Morgan fingerprint density at radius 1 is 1.12 bits per heavy atom. The number of nitrogens with zero attached hydrogens (tertiary/aromatic N) is 2. The molecule has 43 heavy (non-hydrogen) atoms. The van der Waals surface area contributed by atoms with Gasteiger partial charge in [0, 0.05) is 30.6 Å². The minimum absolute atomic E-state index is 0.0385. The zero-order valence-electron chi connectivity index (χ0n) is 23.8. The number of rotatable bonds is 9. The average Bonchev–Trinajstić information content (AvgIpc) is 2.94. The molecule has 4 rings (SSSR count). The van der Waals surface area contributed by atoms with Crippen LogP contribution < -0.4 is 9.46 Å². The number of amides is 1. The van der Waals surface area contributed by atoms with Gasteiger partial charge < -0.3 is 14.7 Å². The van der Waals surface area contributed by atoms with E-state index in [0.717, 1.165) is 12.1 Å². The van der Waals surface area contributed by atoms with Crippen molar-refractivity contribution in [3.8, 4) is 5.75 Å². The van der Waals surface area contributed by atoms with Crippen molar-refractivity contribution >= 4 is 33.2 Å². The van der Waals surface area contributed by atoms with Crippen LogP contribution in [0.5, 0.6) is 5.75 Å². The van der Waals surface area contributed by atoms with Crippen LogP contribution in [0.2, 0.25) is 5.02 Å². The third-order valence-corrected chi connectivity index (χ3v) is 8.92. The van der Waals surface area contributed by atoms with Crippen molar-refractivity contribution in [1.29, 1.82) is 0 Å². The molecule has 1 amide bonds. The van der Waals surface area contributed by atoms with Gasteiger partial charge in [-0.15, -0.1) is 0 Å². The van der Waals surface area contributed by atoms with Gasteiger partial charge in [-0.2, -0.15) is 13.2 Å². The fraction of sp³-hybridized carbons (Fsp3) is 0.367. The van der Waals surface area contributed by atoms with Crippen LogP contribution in [0.4, 0.5) is 18.9 Å². The molecule has 0 unspecified atom stereocenters. The molecule has 0 aliphatic carbocycles. The molecule has 1 heterocycles. The second-order valence-corrected chi connectivity index (χ2v) is 12.9. The number of para-hydroxylation sites is 1. The number of nitrogens with one attached hydrogen (secondary N) is 1. The lowest BCUT2D eigenvalue weighted by molar-refractivity contribution is -0.137. The van der Waals surface area contributed by atoms with Crippen LogP contribution in [0.1, 0.15) is 35.3 Å². The van der Waals surface area contributed by atoms with E-state index in [1.54, 1.807) is 20.0 Å². The number of aliphatic hydroxyl groups excluding tert-OH is 1. The Bertz CT molecular complexity index is 1540. The Morgan fingerprint density at radius 3 is 2.37 bits per heavy atom. The monoisotopic (exact) mass is 639 g/mol. The minimum atomic E-state index is -4.43. The van der Waals surface area contributed by atoms with Crippen molar-refractivity contribution < 1.29 is 36.2 Å². The van der Waals surface area contributed by atoms with Gasteiger partial charge in [0.15, 0.2) is 5.75 Å². The molecule has 3 aromatic rings. The molecule has 0 bridgehead atoms. The summed E-state index contributed by atoms with van der Waals surface area (Å²) in [5.41, 5.74) is 0.112. The summed E-state index contributed by atoms with van der Waals surface area (Å²) < 4.78 is 74.5. The SMILES string of the molecule is C[C@H]1CN([C@@H](C)CO)C(=O)c2cccc(NS(=O)(=O)c3ccc(Cl)cc3)c2O[C@H]1CN(C)Cc1ccc(C(F)(F)F)cc1. The zero-order valence-corrected chi connectivity index (χ0v) is 25.4. The van der Waals surface area contributed by atoms with Crippen molar-refractivity contribution in [2.75, 3.05) is 31.5 Å². The number of carbonyl (C=O) groups is 1. The Labute approximate surface area is 254 Å². The van der Waals surface area contributed by atoms with E-state index in [0.29, 0.717) is 23.7 Å². The van der Waals surface area contributed by atoms with Crippen LogP contribution >= 0.6 is 11.6 Å². The van der Waals surface area contributed by atoms with Gasteiger partial charge in [0.2, 0.25) is 0 Å². The minimum Gasteiger partial charge on any atom is -0.486 e. The van der Waals surface area contributed by atoms with Gasteiger partial charge in [0.25, 0.3) is 15.9 Å². The summed E-state index contributed by atoms with van der Waals surface area (Å²) in [6.07, 6.45) is -5.00. The highest BCUT2D eigenvalue weighted by Crippen LogP contribution is 2.36. The molecule has 0 spiro atoms. The van der Waals surface area contributed by atoms with E-state index in [4.69, 9.17) is 16.3 Å². The number of ether oxygens (including phenoxy) is 1. The molecule has 1 aliphatic rings. The number of anilines is 1. The highest BCUT2D eigenvalue weighted by Gasteiger charge is 2.35. The van der Waals surface area contributed by atoms with Crippen LogP contribution in [-0.4, -0.2) is 68.1 Å². The zero-order chi connectivity index (χ0) is 31.5. The molecule has 0 aromatic heterocycles. The Balaban J connectivity index is 1.66. The fourth-order valence-electron chi connectivity index (χ4n) is 4.84. The number of aliphatic hydroxyl groups is 1. The number of likely N-dealkylation sites (N-methyl/N-ethyl adjacent to an activating group) is 1. The molecule has 1 aliphatic heterocycles. The van der Waals surface area contributed by atoms with E-state index < -0.39 is 39.8 Å². The summed E-state index contributed by atoms with van der Waals surface area (Å²) >= 11 is 5.92. The second-order valence-electron chi connectivity index (χ2n) is 10.8. The fourth-order valence-corrected chi connectivity index (χ4v) is 6.03. The van der Waals surface area contributed by atoms with Gasteiger partial charge >= 0.3 is 6.18 Å². The van der Waals surface area contributed by atoms with Crippen LogP contribution in [0, 0.1) is 5.92 Å². The lowest BCUT2D eigenvalue weighted by Gasteiger charge is -2.38. The number of carbonyl (C=O) groups excluding carboxylic acids is 1. The molecule has 2 N–H and O–H groups in total. The maximum Gasteiger partial charge on any atom is 0.416 e. The summed E-state index contributed by atoms with van der Waals surface area (Å²) in [4.78, 5) is 17.1. The van der Waals surface area contributed by atoms with E-state index in [1.807, 2.05) is 11.8 Å². The quantitative estimate of drug-likeness (QED) is 0.320. The highest BCUT2D eigenvalue weighted by molar-refractivity contribution is 7.92. The molecule has 0 fully saturated rings. The smallest absolute Gasteiger partial charge is 0.416 e. The molecular weight excluding hydrogens is 607 g/mol. The molecular formula is C30H33ClF3N3O5S. The molecule has 13 heteroatoms. The van der Waals surface area contributed by atoms with Crippen LogP contribution in [-0.2, 0) is 22.7 Å². The van der Waals surface area contributed by atoms with Crippen LogP contribution in [0.25, 0.3) is 0 Å². The van der Waals surface area contributed by atoms with Crippen LogP contribution in [0.3, 0.4) is 0 Å². The molecule has 3 atom stereocenters. The van der Waals surface area contributed by atoms with Gasteiger partial charge in [-0.3, -0.25) is 14.4 Å². The second kappa shape index (κ2) is 13.1. The largest absolute Gasteiger partial charge is 0.486 e. The Hall–Kier alpha value is -3.32. The van der Waals surface area contributed by atoms with Crippen LogP contribution in [0.15, 0.2) is 71.6 Å². The summed E-state index contributed by atoms with van der Waals surface area (Å²) in [5.74, 6) is -0.658. The molecule has 3 aromatic carbocycles. The third-order valence-electron chi connectivity index (χ3n) is 7.28. The van der Waals surface area contributed by atoms with Crippen molar-refractivity contribution in [2.24, 2.45) is 5.92 Å². The normalized spacial score (nSPS) is 18.4. The number of sulfonamides is 1. The van der Waals surface area contributed by atoms with Gasteiger partial charge in [-0.05, 0) is 68.1 Å². The van der Waals surface area contributed by atoms with E-state index in [2.05, 4.69) is 4.72 Å². The Kier molecular flexibility index (Phi) is 9.95. The van der Waals surface area contributed by atoms with Crippen molar-refractivity contribution in [3.63, 3.8) is 0 Å². The molecule has 0 saturated heterocycles. The van der Waals surface area contributed by atoms with E-state index in [1.165, 1.54) is 53.4 Å². The van der Waals surface area contributed by atoms with Crippen molar-refractivity contribution in [2.45, 2.75) is 43.6 Å². The maximum absolute atomic E-state index is 13.7. The first-order chi connectivity index (χ1) is 20.2. The standard InChI is InChI=1S/C30H33ClF3N3O5S/c1-19-15-37(20(2)18-38)29(39)25-5-4-6-26(35-43(40,41)24-13-11-23(31)12-14-24)28(25)42-27(19)17-36(3)16-21-7-9-22(10-8-21)30(32,33)34/h4-14,19-20,27,35,38H,15-18H2,1-3H3/t19-,20-,27-/m0/s1. The lowest BCUT2D eigenvalue weighted by Crippen LogP contribution is -2.49. The van der Waals surface area contributed by atoms with E-state index in [9.17, 15) is 31.5 Å². The van der Waals surface area contributed by atoms with Gasteiger partial charge in [0.05, 0.1) is 34.4 Å². The first-order valence-corrected chi connectivity index (χ1v) is 15.4. The van der Waals surface area contributed by atoms with Gasteiger partial charge in [-0.25, -0.2) is 8.42 Å². The van der Waals surface area contributed by atoms with Gasteiger partial charge in [0.1, 0.15) is 6.10 Å². The number of fused-ring (bicyclic) bond motifs is 1. The molecule has 232 valence electrons. The molecule has 0 saturated carbocycles. The molecule has 0 radical (unpaired) electrons.